The van der Waals surface area contributed by atoms with E-state index >= 15 is 4.39 Å². The summed E-state index contributed by atoms with van der Waals surface area (Å²) >= 11 is 0. The van der Waals surface area contributed by atoms with E-state index < -0.39 is 0 Å². The monoisotopic (exact) mass is 491 g/mol. The number of rotatable bonds is 14. The van der Waals surface area contributed by atoms with Crippen LogP contribution in [-0.4, -0.2) is 7.11 Å². The third kappa shape index (κ3) is 7.58. The molecule has 1 aliphatic carbocycles. The molecule has 0 aromatic heterocycles. The lowest BCUT2D eigenvalue weighted by molar-refractivity contribution is 0.303. The Bertz CT molecular complexity index is 984. The zero-order valence-electron chi connectivity index (χ0n) is 22.9. The van der Waals surface area contributed by atoms with Crippen molar-refractivity contribution >= 4 is 0 Å². The summed E-state index contributed by atoms with van der Waals surface area (Å²) in [4.78, 5) is 0. The molecule has 0 heterocycles. The molecule has 3 heteroatoms. The van der Waals surface area contributed by atoms with Gasteiger partial charge in [-0.15, -0.1) is 0 Å². The standard InChI is InChI=1S/C33H46FNO/c1-4-6-8-9-10-12-14-27-19-22-31(33(36-3)32(27)34)30-21-20-28(23-29(30)24-35)26-17-15-25(16-18-26)13-11-7-5-2/h19-23,25-26H,4-18H2,1-3H3. The van der Waals surface area contributed by atoms with Crippen LogP contribution in [0.25, 0.3) is 11.1 Å². The van der Waals surface area contributed by atoms with E-state index in [1.807, 2.05) is 24.3 Å². The fourth-order valence-corrected chi connectivity index (χ4v) is 5.91. The predicted molar refractivity (Wildman–Crippen MR) is 149 cm³/mol. The molecular formula is C33H46FNO. The maximum Gasteiger partial charge on any atom is 0.168 e. The number of nitrogens with zero attached hydrogens (tertiary/aromatic N) is 1. The van der Waals surface area contributed by atoms with E-state index in [9.17, 15) is 5.26 Å². The zero-order chi connectivity index (χ0) is 25.8. The van der Waals surface area contributed by atoms with Crippen molar-refractivity contribution in [1.82, 2.24) is 0 Å². The van der Waals surface area contributed by atoms with Crippen molar-refractivity contribution in [1.29, 1.82) is 5.26 Å². The van der Waals surface area contributed by atoms with Crippen LogP contribution in [0, 0.1) is 23.1 Å². The fourth-order valence-electron chi connectivity index (χ4n) is 5.91. The van der Waals surface area contributed by atoms with Gasteiger partial charge in [0.1, 0.15) is 0 Å². The van der Waals surface area contributed by atoms with Gasteiger partial charge in [-0.3, -0.25) is 0 Å². The second-order valence-electron chi connectivity index (χ2n) is 10.8. The van der Waals surface area contributed by atoms with Crippen molar-refractivity contribution in [3.05, 3.63) is 52.8 Å². The quantitative estimate of drug-likeness (QED) is 0.246. The molecule has 0 spiro atoms. The molecule has 0 saturated heterocycles. The van der Waals surface area contributed by atoms with Gasteiger partial charge in [0, 0.05) is 11.1 Å². The van der Waals surface area contributed by atoms with E-state index in [0.29, 0.717) is 22.6 Å². The van der Waals surface area contributed by atoms with Gasteiger partial charge in [-0.1, -0.05) is 95.9 Å². The average Bonchev–Trinajstić information content (AvgIpc) is 2.91. The lowest BCUT2D eigenvalue weighted by Gasteiger charge is -2.29. The lowest BCUT2D eigenvalue weighted by atomic mass is 9.76. The number of aryl methyl sites for hydroxylation is 1. The van der Waals surface area contributed by atoms with Gasteiger partial charge in [0.05, 0.1) is 18.7 Å². The molecule has 1 aliphatic rings. The van der Waals surface area contributed by atoms with Gasteiger partial charge in [0.15, 0.2) is 11.6 Å². The summed E-state index contributed by atoms with van der Waals surface area (Å²) in [6.07, 6.45) is 18.1. The third-order valence-electron chi connectivity index (χ3n) is 8.17. The molecule has 0 bridgehead atoms. The molecule has 0 radical (unpaired) electrons. The SMILES string of the molecule is CCCCCCCCc1ccc(-c2ccc(C3CCC(CCCCC)CC3)cc2C#N)c(OC)c1F. The van der Waals surface area contributed by atoms with Crippen molar-refractivity contribution in [2.75, 3.05) is 7.11 Å². The van der Waals surface area contributed by atoms with Crippen molar-refractivity contribution in [3.63, 3.8) is 0 Å². The van der Waals surface area contributed by atoms with Crippen molar-refractivity contribution in [2.24, 2.45) is 5.92 Å². The van der Waals surface area contributed by atoms with Gasteiger partial charge in [0.25, 0.3) is 0 Å². The van der Waals surface area contributed by atoms with E-state index in [0.717, 1.165) is 30.7 Å². The number of benzene rings is 2. The second-order valence-corrected chi connectivity index (χ2v) is 10.8. The first-order valence-electron chi connectivity index (χ1n) is 14.5. The van der Waals surface area contributed by atoms with Crippen LogP contribution in [0.5, 0.6) is 5.75 Å². The topological polar surface area (TPSA) is 33.0 Å². The molecule has 1 saturated carbocycles. The molecule has 0 atom stereocenters. The number of ether oxygens (including phenoxy) is 1. The zero-order valence-corrected chi connectivity index (χ0v) is 22.9. The van der Waals surface area contributed by atoms with E-state index in [4.69, 9.17) is 4.74 Å². The van der Waals surface area contributed by atoms with Gasteiger partial charge in [-0.2, -0.15) is 5.26 Å². The van der Waals surface area contributed by atoms with Crippen LogP contribution in [-0.2, 0) is 6.42 Å². The first kappa shape index (κ1) is 28.2. The minimum Gasteiger partial charge on any atom is -0.493 e. The van der Waals surface area contributed by atoms with Crippen LogP contribution < -0.4 is 4.74 Å². The van der Waals surface area contributed by atoms with Crippen LogP contribution >= 0.6 is 0 Å². The minimum atomic E-state index is -0.280. The Labute approximate surface area is 219 Å². The molecule has 36 heavy (non-hydrogen) atoms. The molecule has 2 nitrogen and oxygen atoms in total. The van der Waals surface area contributed by atoms with E-state index in [1.165, 1.54) is 89.7 Å². The van der Waals surface area contributed by atoms with Gasteiger partial charge in [0.2, 0.25) is 0 Å². The smallest absolute Gasteiger partial charge is 0.168 e. The highest BCUT2D eigenvalue weighted by Gasteiger charge is 2.24. The molecule has 0 unspecified atom stereocenters. The number of halogens is 1. The Morgan fingerprint density at radius 2 is 1.53 bits per heavy atom. The van der Waals surface area contributed by atoms with Crippen LogP contribution in [0.15, 0.2) is 30.3 Å². The molecule has 0 amide bonds. The molecule has 0 aliphatic heterocycles. The van der Waals surface area contributed by atoms with E-state index in [1.54, 1.807) is 0 Å². The summed E-state index contributed by atoms with van der Waals surface area (Å²) in [5.74, 6) is 1.37. The molecule has 3 rings (SSSR count). The first-order valence-corrected chi connectivity index (χ1v) is 14.5. The highest BCUT2D eigenvalue weighted by atomic mass is 19.1. The van der Waals surface area contributed by atoms with Crippen LogP contribution in [0.3, 0.4) is 0 Å². The lowest BCUT2D eigenvalue weighted by Crippen LogP contribution is -2.13. The average molecular weight is 492 g/mol. The largest absolute Gasteiger partial charge is 0.493 e. The van der Waals surface area contributed by atoms with E-state index in [-0.39, 0.29) is 11.6 Å². The van der Waals surface area contributed by atoms with Crippen molar-refractivity contribution in [2.45, 2.75) is 116 Å². The molecule has 2 aromatic rings. The summed E-state index contributed by atoms with van der Waals surface area (Å²) < 4.78 is 20.9. The maximum absolute atomic E-state index is 15.4. The first-order chi connectivity index (χ1) is 17.6. The number of hydrogen-bond acceptors (Lipinski definition) is 2. The number of nitriles is 1. The van der Waals surface area contributed by atoms with E-state index in [2.05, 4.69) is 26.0 Å². The Hall–Kier alpha value is -2.34. The number of methoxy groups -OCH3 is 1. The molecule has 2 aromatic carbocycles. The highest BCUT2D eigenvalue weighted by molar-refractivity contribution is 5.77. The Kier molecular flexibility index (Phi) is 11.8. The Morgan fingerprint density at radius 1 is 0.861 bits per heavy atom. The van der Waals surface area contributed by atoms with Crippen LogP contribution in [0.4, 0.5) is 4.39 Å². The normalized spacial score (nSPS) is 17.6. The number of hydrogen-bond donors (Lipinski definition) is 0. The molecule has 196 valence electrons. The summed E-state index contributed by atoms with van der Waals surface area (Å²) in [6.45, 7) is 4.48. The van der Waals surface area contributed by atoms with Gasteiger partial charge >= 0.3 is 0 Å². The number of unbranched alkanes of at least 4 members (excludes halogenated alkanes) is 7. The summed E-state index contributed by atoms with van der Waals surface area (Å²) in [5.41, 5.74) is 4.00. The van der Waals surface area contributed by atoms with Gasteiger partial charge < -0.3 is 4.74 Å². The van der Waals surface area contributed by atoms with Crippen molar-refractivity contribution < 1.29 is 9.13 Å². The predicted octanol–water partition coefficient (Wildman–Crippen LogP) is 10.1. The van der Waals surface area contributed by atoms with Crippen LogP contribution in [0.2, 0.25) is 0 Å². The Morgan fingerprint density at radius 3 is 2.22 bits per heavy atom. The third-order valence-corrected chi connectivity index (χ3v) is 8.17. The minimum absolute atomic E-state index is 0.260. The van der Waals surface area contributed by atoms with Crippen LogP contribution in [0.1, 0.15) is 126 Å². The van der Waals surface area contributed by atoms with Crippen molar-refractivity contribution in [3.8, 4) is 22.9 Å². The highest BCUT2D eigenvalue weighted by Crippen LogP contribution is 2.41. The molecule has 1 fully saturated rings. The second kappa shape index (κ2) is 15.0. The summed E-state index contributed by atoms with van der Waals surface area (Å²) in [7, 11) is 1.52. The summed E-state index contributed by atoms with van der Waals surface area (Å²) in [5, 5.41) is 9.97. The van der Waals surface area contributed by atoms with Gasteiger partial charge in [-0.25, -0.2) is 4.39 Å². The molecular weight excluding hydrogens is 445 g/mol. The fraction of sp³-hybridized carbons (Fsp3) is 0.606. The molecule has 0 N–H and O–H groups in total. The maximum atomic E-state index is 15.4. The Balaban J connectivity index is 1.70. The van der Waals surface area contributed by atoms with Gasteiger partial charge in [-0.05, 0) is 67.6 Å². The summed E-state index contributed by atoms with van der Waals surface area (Å²) in [6, 6.07) is 12.4.